The topological polar surface area (TPSA) is 150 Å². The van der Waals surface area contributed by atoms with Gasteiger partial charge in [-0.1, -0.05) is 46.8 Å². The summed E-state index contributed by atoms with van der Waals surface area (Å²) in [5.74, 6) is -0.522. The van der Waals surface area contributed by atoms with Gasteiger partial charge in [0.05, 0.1) is 11.8 Å². The van der Waals surface area contributed by atoms with Crippen LogP contribution in [0.4, 0.5) is 5.69 Å². The van der Waals surface area contributed by atoms with E-state index in [1.54, 1.807) is 29.2 Å². The fourth-order valence-corrected chi connectivity index (χ4v) is 6.92. The first-order valence-corrected chi connectivity index (χ1v) is 15.3. The lowest BCUT2D eigenvalue weighted by Crippen LogP contribution is -2.60. The van der Waals surface area contributed by atoms with Crippen LogP contribution in [0.3, 0.4) is 0 Å². The Bertz CT molecular complexity index is 1310. The van der Waals surface area contributed by atoms with E-state index in [-0.39, 0.29) is 41.4 Å². The molecule has 2 saturated heterocycles. The fourth-order valence-electron chi connectivity index (χ4n) is 6.92. The van der Waals surface area contributed by atoms with Gasteiger partial charge in [-0.3, -0.25) is 19.2 Å². The molecule has 232 valence electrons. The molecule has 43 heavy (non-hydrogen) atoms. The molecule has 5 rings (SSSR count). The van der Waals surface area contributed by atoms with Gasteiger partial charge in [0.25, 0.3) is 5.91 Å². The zero-order chi connectivity index (χ0) is 31.1. The van der Waals surface area contributed by atoms with Crippen LogP contribution in [0.15, 0.2) is 24.3 Å². The average molecular weight is 594 g/mol. The summed E-state index contributed by atoms with van der Waals surface area (Å²) in [5.41, 5.74) is -0.180. The molecule has 4 amide bonds. The van der Waals surface area contributed by atoms with Crippen molar-refractivity contribution in [1.29, 1.82) is 5.26 Å². The number of para-hydroxylation sites is 2. The standard InChI is InChI=1S/C32H43N5O6/c1-31(2,3)27(36-24(38)14-18-10-12-42-13-11-18)30(41)37-17-20-25(32(20,4)5)26(37)29(40)34-19(16-33)15-23-28(39)35-21-8-6-7-9-22(21)43-23/h6-9,18-20,23,25-27H,10-15,17H2,1-5H3,(H,34,40)(H,35,39)(H,36,38)/t19-,20-,23-,25-,26-,27+/m0/s1. The minimum absolute atomic E-state index is 0.0482. The number of nitrogens with one attached hydrogen (secondary N) is 3. The number of carbonyl (C=O) groups excluding carboxylic acids is 4. The van der Waals surface area contributed by atoms with Gasteiger partial charge in [0.2, 0.25) is 17.7 Å². The highest BCUT2D eigenvalue weighted by Crippen LogP contribution is 2.65. The first-order valence-electron chi connectivity index (χ1n) is 15.3. The summed E-state index contributed by atoms with van der Waals surface area (Å²) < 4.78 is 11.2. The van der Waals surface area contributed by atoms with E-state index in [1.165, 1.54) is 0 Å². The second-order valence-corrected chi connectivity index (χ2v) is 14.0. The summed E-state index contributed by atoms with van der Waals surface area (Å²) >= 11 is 0. The van der Waals surface area contributed by atoms with Crippen LogP contribution in [0.25, 0.3) is 0 Å². The molecule has 3 heterocycles. The van der Waals surface area contributed by atoms with E-state index < -0.39 is 41.5 Å². The largest absolute Gasteiger partial charge is 0.478 e. The van der Waals surface area contributed by atoms with Crippen molar-refractivity contribution >= 4 is 29.3 Å². The molecule has 1 saturated carbocycles. The average Bonchev–Trinajstić information content (AvgIpc) is 3.27. The van der Waals surface area contributed by atoms with E-state index in [0.29, 0.717) is 37.6 Å². The summed E-state index contributed by atoms with van der Waals surface area (Å²) in [6, 6.07) is 6.50. The third kappa shape index (κ3) is 6.35. The summed E-state index contributed by atoms with van der Waals surface area (Å²) in [4.78, 5) is 55.3. The van der Waals surface area contributed by atoms with E-state index in [1.807, 2.05) is 20.8 Å². The molecule has 11 heteroatoms. The third-order valence-electron chi connectivity index (χ3n) is 9.62. The number of carbonyl (C=O) groups is 4. The summed E-state index contributed by atoms with van der Waals surface area (Å²) in [6.07, 6.45) is 0.954. The van der Waals surface area contributed by atoms with E-state index in [4.69, 9.17) is 9.47 Å². The molecule has 3 N–H and O–H groups in total. The van der Waals surface area contributed by atoms with Crippen LogP contribution in [0, 0.1) is 39.9 Å². The van der Waals surface area contributed by atoms with Crippen LogP contribution in [0.5, 0.6) is 5.75 Å². The monoisotopic (exact) mass is 593 g/mol. The lowest BCUT2D eigenvalue weighted by atomic mass is 9.84. The zero-order valence-electron chi connectivity index (χ0n) is 25.6. The van der Waals surface area contributed by atoms with Crippen LogP contribution in [0.2, 0.25) is 0 Å². The van der Waals surface area contributed by atoms with Crippen molar-refractivity contribution in [1.82, 2.24) is 15.5 Å². The third-order valence-corrected chi connectivity index (χ3v) is 9.62. The van der Waals surface area contributed by atoms with Gasteiger partial charge in [-0.15, -0.1) is 0 Å². The van der Waals surface area contributed by atoms with Crippen molar-refractivity contribution in [3.05, 3.63) is 24.3 Å². The number of anilines is 1. The Labute approximate surface area is 253 Å². The van der Waals surface area contributed by atoms with Gasteiger partial charge >= 0.3 is 0 Å². The number of likely N-dealkylation sites (tertiary alicyclic amines) is 1. The zero-order valence-corrected chi connectivity index (χ0v) is 25.6. The molecule has 0 aromatic heterocycles. The van der Waals surface area contributed by atoms with Crippen LogP contribution >= 0.6 is 0 Å². The molecule has 3 aliphatic heterocycles. The number of hydrogen-bond donors (Lipinski definition) is 3. The summed E-state index contributed by atoms with van der Waals surface area (Å²) in [5, 5.41) is 18.5. The Kier molecular flexibility index (Phi) is 8.45. The Balaban J connectivity index is 1.28. The van der Waals surface area contributed by atoms with Crippen LogP contribution in [-0.2, 0) is 23.9 Å². The Morgan fingerprint density at radius 2 is 1.86 bits per heavy atom. The first kappa shape index (κ1) is 30.8. The van der Waals surface area contributed by atoms with Crippen molar-refractivity contribution < 1.29 is 28.7 Å². The van der Waals surface area contributed by atoms with Gasteiger partial charge in [0.1, 0.15) is 23.9 Å². The van der Waals surface area contributed by atoms with E-state index in [2.05, 4.69) is 35.9 Å². The quantitative estimate of drug-likeness (QED) is 0.419. The van der Waals surface area contributed by atoms with Gasteiger partial charge in [0, 0.05) is 32.6 Å². The van der Waals surface area contributed by atoms with Crippen LogP contribution in [-0.4, -0.2) is 72.5 Å². The summed E-state index contributed by atoms with van der Waals surface area (Å²) in [6.45, 7) is 11.5. The molecule has 0 bridgehead atoms. The molecule has 0 radical (unpaired) electrons. The normalized spacial score (nSPS) is 27.3. The molecular formula is C32H43N5O6. The minimum atomic E-state index is -1.01. The van der Waals surface area contributed by atoms with Crippen molar-refractivity contribution in [2.75, 3.05) is 25.1 Å². The molecular weight excluding hydrogens is 550 g/mol. The highest BCUT2D eigenvalue weighted by molar-refractivity contribution is 5.98. The Morgan fingerprint density at radius 1 is 1.16 bits per heavy atom. The maximum absolute atomic E-state index is 14.1. The van der Waals surface area contributed by atoms with E-state index in [0.717, 1.165) is 12.8 Å². The lowest BCUT2D eigenvalue weighted by Gasteiger charge is -2.38. The SMILES string of the molecule is CC(C)(C)[C@H](NC(=O)CC1CCOCC1)C(=O)N1C[C@H]2[C@@H]([C@H]1C(=O)N[C@H](C#N)C[C@@H]1Oc3ccccc3NC1=O)C2(C)C. The van der Waals surface area contributed by atoms with Gasteiger partial charge in [-0.25, -0.2) is 0 Å². The molecule has 0 unspecified atom stereocenters. The van der Waals surface area contributed by atoms with E-state index in [9.17, 15) is 24.4 Å². The molecule has 6 atom stereocenters. The first-order chi connectivity index (χ1) is 20.3. The van der Waals surface area contributed by atoms with Crippen molar-refractivity contribution in [2.24, 2.45) is 28.6 Å². The second-order valence-electron chi connectivity index (χ2n) is 14.0. The lowest BCUT2D eigenvalue weighted by molar-refractivity contribution is -0.146. The Hall–Kier alpha value is -3.65. The number of nitriles is 1. The maximum atomic E-state index is 14.1. The van der Waals surface area contributed by atoms with Gasteiger partial charge in [-0.05, 0) is 53.6 Å². The van der Waals surface area contributed by atoms with Crippen molar-refractivity contribution in [3.8, 4) is 11.8 Å². The highest BCUT2D eigenvalue weighted by atomic mass is 16.5. The molecule has 4 aliphatic rings. The highest BCUT2D eigenvalue weighted by Gasteiger charge is 2.69. The number of fused-ring (bicyclic) bond motifs is 2. The molecule has 0 spiro atoms. The van der Waals surface area contributed by atoms with Gasteiger partial charge in [-0.2, -0.15) is 5.26 Å². The van der Waals surface area contributed by atoms with Crippen molar-refractivity contribution in [2.45, 2.75) is 84.5 Å². The predicted molar refractivity (Wildman–Crippen MR) is 157 cm³/mol. The maximum Gasteiger partial charge on any atom is 0.265 e. The molecule has 3 fully saturated rings. The molecule has 1 aliphatic carbocycles. The molecule has 11 nitrogen and oxygen atoms in total. The fraction of sp³-hybridized carbons (Fsp3) is 0.656. The van der Waals surface area contributed by atoms with E-state index >= 15 is 0 Å². The van der Waals surface area contributed by atoms with Crippen molar-refractivity contribution in [3.63, 3.8) is 0 Å². The smallest absolute Gasteiger partial charge is 0.265 e. The number of rotatable bonds is 8. The molecule has 1 aromatic carbocycles. The van der Waals surface area contributed by atoms with Crippen LogP contribution < -0.4 is 20.7 Å². The number of amides is 4. The number of ether oxygens (including phenoxy) is 2. The number of nitrogens with zero attached hydrogens (tertiary/aromatic N) is 2. The second kappa shape index (κ2) is 11.8. The molecule has 1 aromatic rings. The number of hydrogen-bond acceptors (Lipinski definition) is 7. The van der Waals surface area contributed by atoms with Gasteiger partial charge < -0.3 is 30.3 Å². The van der Waals surface area contributed by atoms with Gasteiger partial charge in [0.15, 0.2) is 6.10 Å². The number of piperidine rings is 1. The van der Waals surface area contributed by atoms with Crippen LogP contribution in [0.1, 0.15) is 60.3 Å². The summed E-state index contributed by atoms with van der Waals surface area (Å²) in [7, 11) is 0. The minimum Gasteiger partial charge on any atom is -0.478 e. The Morgan fingerprint density at radius 3 is 2.53 bits per heavy atom. The number of benzene rings is 1. The predicted octanol–water partition coefficient (Wildman–Crippen LogP) is 2.62.